The first kappa shape index (κ1) is 19.7. The van der Waals surface area contributed by atoms with Crippen LogP contribution in [0.25, 0.3) is 0 Å². The minimum absolute atomic E-state index is 0.0618. The number of hydrogen-bond donors (Lipinski definition) is 2. The molecule has 26 heavy (non-hydrogen) atoms. The zero-order valence-electron chi connectivity index (χ0n) is 14.7. The fraction of sp³-hybridized carbons (Fsp3) is 0.278. The van der Waals surface area contributed by atoms with Crippen molar-refractivity contribution in [1.82, 2.24) is 0 Å². The molecule has 2 aromatic rings. The Morgan fingerprint density at radius 3 is 2.46 bits per heavy atom. The van der Waals surface area contributed by atoms with Crippen molar-refractivity contribution in [2.45, 2.75) is 25.9 Å². The van der Waals surface area contributed by atoms with E-state index in [-0.39, 0.29) is 29.4 Å². The lowest BCUT2D eigenvalue weighted by molar-refractivity contribution is -0.709. The van der Waals surface area contributed by atoms with Crippen LogP contribution in [0.15, 0.2) is 42.5 Å². The van der Waals surface area contributed by atoms with Crippen molar-refractivity contribution in [2.75, 3.05) is 12.4 Å². The second-order valence-corrected chi connectivity index (χ2v) is 6.39. The molecule has 0 saturated heterocycles. The van der Waals surface area contributed by atoms with Crippen LogP contribution >= 0.6 is 11.6 Å². The molecule has 0 heterocycles. The Morgan fingerprint density at radius 1 is 1.23 bits per heavy atom. The second kappa shape index (κ2) is 8.64. The maximum atomic E-state index is 12.5. The summed E-state index contributed by atoms with van der Waals surface area (Å²) in [5.74, 6) is 0.0171. The van der Waals surface area contributed by atoms with Crippen LogP contribution in [0.3, 0.4) is 0 Å². The molecular formula is C18H21ClN3O4+. The van der Waals surface area contributed by atoms with Gasteiger partial charge in [0, 0.05) is 16.7 Å². The van der Waals surface area contributed by atoms with Gasteiger partial charge in [-0.2, -0.15) is 0 Å². The Hall–Kier alpha value is -2.64. The van der Waals surface area contributed by atoms with Gasteiger partial charge in [0.05, 0.1) is 23.8 Å². The lowest BCUT2D eigenvalue weighted by Crippen LogP contribution is -2.91. The zero-order valence-corrected chi connectivity index (χ0v) is 15.5. The molecule has 0 aromatic heterocycles. The Morgan fingerprint density at radius 2 is 1.88 bits per heavy atom. The van der Waals surface area contributed by atoms with Gasteiger partial charge < -0.3 is 15.4 Å². The number of carbonyl (C=O) groups is 1. The van der Waals surface area contributed by atoms with E-state index in [0.717, 1.165) is 5.56 Å². The van der Waals surface area contributed by atoms with Crippen molar-refractivity contribution in [2.24, 2.45) is 0 Å². The first-order valence-corrected chi connectivity index (χ1v) is 8.43. The minimum Gasteiger partial charge on any atom is -0.494 e. The van der Waals surface area contributed by atoms with Gasteiger partial charge in [-0.15, -0.1) is 0 Å². The monoisotopic (exact) mass is 378 g/mol. The summed E-state index contributed by atoms with van der Waals surface area (Å²) in [4.78, 5) is 22.8. The number of nitro benzene ring substituents is 1. The molecule has 3 N–H and O–H groups in total. The number of amides is 1. The van der Waals surface area contributed by atoms with Gasteiger partial charge in [0.1, 0.15) is 11.8 Å². The predicted molar refractivity (Wildman–Crippen MR) is 99.5 cm³/mol. The molecule has 0 aliphatic heterocycles. The molecule has 2 atom stereocenters. The SMILES string of the molecule is COc1cc([N+](=O)[O-])ccc1NC(=O)[C@@H](C)[NH2+][C@H](C)c1ccc(Cl)cc1. The number of non-ortho nitro benzene ring substituents is 1. The van der Waals surface area contributed by atoms with Crippen LogP contribution in [0.5, 0.6) is 5.75 Å². The van der Waals surface area contributed by atoms with Gasteiger partial charge in [-0.05, 0) is 32.0 Å². The molecule has 0 fully saturated rings. The Labute approximate surface area is 156 Å². The van der Waals surface area contributed by atoms with Gasteiger partial charge in [0.15, 0.2) is 6.04 Å². The van der Waals surface area contributed by atoms with E-state index < -0.39 is 4.92 Å². The summed E-state index contributed by atoms with van der Waals surface area (Å²) in [5, 5.41) is 16.2. The summed E-state index contributed by atoms with van der Waals surface area (Å²) in [6.07, 6.45) is 0. The van der Waals surface area contributed by atoms with Crippen molar-refractivity contribution in [3.05, 3.63) is 63.2 Å². The maximum absolute atomic E-state index is 12.5. The second-order valence-electron chi connectivity index (χ2n) is 5.95. The standard InChI is InChI=1S/C18H20ClN3O4/c1-11(13-4-6-14(19)7-5-13)20-12(2)18(23)21-16-9-8-15(22(24)25)10-17(16)26-3/h4-12,20H,1-3H3,(H,21,23)/p+1/t11-,12-/m1/s1. The number of nitro groups is 1. The van der Waals surface area contributed by atoms with Crippen LogP contribution in [0.4, 0.5) is 11.4 Å². The van der Waals surface area contributed by atoms with E-state index in [9.17, 15) is 14.9 Å². The maximum Gasteiger partial charge on any atom is 0.282 e. The summed E-state index contributed by atoms with van der Waals surface area (Å²) in [6, 6.07) is 11.2. The number of anilines is 1. The average molecular weight is 379 g/mol. The minimum atomic E-state index is -0.516. The average Bonchev–Trinajstić information content (AvgIpc) is 2.62. The van der Waals surface area contributed by atoms with Gasteiger partial charge in [0.2, 0.25) is 0 Å². The smallest absolute Gasteiger partial charge is 0.282 e. The summed E-state index contributed by atoms with van der Waals surface area (Å²) < 4.78 is 5.14. The number of nitrogens with zero attached hydrogens (tertiary/aromatic N) is 1. The third-order valence-electron chi connectivity index (χ3n) is 4.04. The molecular weight excluding hydrogens is 358 g/mol. The Bertz CT molecular complexity index is 796. The lowest BCUT2D eigenvalue weighted by Gasteiger charge is -2.17. The van der Waals surface area contributed by atoms with Crippen LogP contribution in [0, 0.1) is 10.1 Å². The van der Waals surface area contributed by atoms with E-state index in [1.54, 1.807) is 6.92 Å². The number of quaternary nitrogens is 1. The molecule has 0 spiro atoms. The molecule has 0 bridgehead atoms. The van der Waals surface area contributed by atoms with Crippen LogP contribution in [-0.4, -0.2) is 24.0 Å². The summed E-state index contributed by atoms with van der Waals surface area (Å²) in [7, 11) is 1.40. The molecule has 2 rings (SSSR count). The highest BCUT2D eigenvalue weighted by Crippen LogP contribution is 2.29. The van der Waals surface area contributed by atoms with Crippen molar-refractivity contribution in [3.63, 3.8) is 0 Å². The summed E-state index contributed by atoms with van der Waals surface area (Å²) in [6.45, 7) is 3.79. The highest BCUT2D eigenvalue weighted by Gasteiger charge is 2.22. The van der Waals surface area contributed by atoms with Gasteiger partial charge >= 0.3 is 0 Å². The van der Waals surface area contributed by atoms with Gasteiger partial charge in [0.25, 0.3) is 11.6 Å². The lowest BCUT2D eigenvalue weighted by atomic mass is 10.1. The normalized spacial score (nSPS) is 12.9. The van der Waals surface area contributed by atoms with Gasteiger partial charge in [-0.1, -0.05) is 23.7 Å². The number of nitrogens with two attached hydrogens (primary N) is 1. The number of rotatable bonds is 7. The van der Waals surface area contributed by atoms with Crippen LogP contribution in [0.1, 0.15) is 25.5 Å². The van der Waals surface area contributed by atoms with E-state index in [2.05, 4.69) is 5.32 Å². The molecule has 0 radical (unpaired) electrons. The van der Waals surface area contributed by atoms with Crippen molar-refractivity contribution >= 4 is 28.9 Å². The fourth-order valence-electron chi connectivity index (χ4n) is 2.54. The number of ether oxygens (including phenoxy) is 1. The quantitative estimate of drug-likeness (QED) is 0.571. The van der Waals surface area contributed by atoms with Crippen molar-refractivity contribution < 1.29 is 19.8 Å². The highest BCUT2D eigenvalue weighted by atomic mass is 35.5. The van der Waals surface area contributed by atoms with Crippen LogP contribution in [-0.2, 0) is 4.79 Å². The topological polar surface area (TPSA) is 98.1 Å². The van der Waals surface area contributed by atoms with E-state index in [1.807, 2.05) is 36.5 Å². The molecule has 7 nitrogen and oxygen atoms in total. The number of halogens is 1. The number of benzene rings is 2. The Balaban J connectivity index is 2.04. The van der Waals surface area contributed by atoms with E-state index in [1.165, 1.54) is 25.3 Å². The number of nitrogens with one attached hydrogen (secondary N) is 1. The largest absolute Gasteiger partial charge is 0.494 e. The molecule has 2 aromatic carbocycles. The van der Waals surface area contributed by atoms with Crippen molar-refractivity contribution in [1.29, 1.82) is 0 Å². The fourth-order valence-corrected chi connectivity index (χ4v) is 2.67. The summed E-state index contributed by atoms with van der Waals surface area (Å²) in [5.41, 5.74) is 1.35. The van der Waals surface area contributed by atoms with E-state index in [0.29, 0.717) is 10.7 Å². The molecule has 0 aliphatic carbocycles. The molecule has 1 amide bonds. The first-order valence-electron chi connectivity index (χ1n) is 8.05. The predicted octanol–water partition coefficient (Wildman–Crippen LogP) is 2.91. The van der Waals surface area contributed by atoms with Crippen molar-refractivity contribution in [3.8, 4) is 5.75 Å². The molecule has 0 unspecified atom stereocenters. The molecule has 138 valence electrons. The molecule has 0 saturated carbocycles. The van der Waals surface area contributed by atoms with Crippen LogP contribution in [0.2, 0.25) is 5.02 Å². The third-order valence-corrected chi connectivity index (χ3v) is 4.29. The van der Waals surface area contributed by atoms with Gasteiger partial charge in [-0.25, -0.2) is 0 Å². The summed E-state index contributed by atoms with van der Waals surface area (Å²) >= 11 is 5.89. The van der Waals surface area contributed by atoms with E-state index in [4.69, 9.17) is 16.3 Å². The number of carbonyl (C=O) groups excluding carboxylic acids is 1. The molecule has 0 aliphatic rings. The van der Waals surface area contributed by atoms with Crippen LogP contribution < -0.4 is 15.4 Å². The number of hydrogen-bond acceptors (Lipinski definition) is 4. The first-order chi connectivity index (χ1) is 12.3. The zero-order chi connectivity index (χ0) is 19.3. The van der Waals surface area contributed by atoms with E-state index >= 15 is 0 Å². The third kappa shape index (κ3) is 4.93. The van der Waals surface area contributed by atoms with Gasteiger partial charge in [-0.3, -0.25) is 14.9 Å². The highest BCUT2D eigenvalue weighted by molar-refractivity contribution is 6.30. The molecule has 8 heteroatoms. The Kier molecular flexibility index (Phi) is 6.54. The number of methoxy groups -OCH3 is 1.